The van der Waals surface area contributed by atoms with Gasteiger partial charge in [-0.25, -0.2) is 4.31 Å². The van der Waals surface area contributed by atoms with E-state index in [0.29, 0.717) is 5.41 Å². The second kappa shape index (κ2) is 6.29. The number of rotatable bonds is 3. The van der Waals surface area contributed by atoms with Gasteiger partial charge in [0.25, 0.3) is 0 Å². The Hall–Kier alpha value is -0.840. The third kappa shape index (κ3) is 3.25. The molecule has 1 aromatic carbocycles. The number of nitrogens with zero attached hydrogens (tertiary/aromatic N) is 2. The Kier molecular flexibility index (Phi) is 4.44. The van der Waals surface area contributed by atoms with Crippen molar-refractivity contribution in [2.45, 2.75) is 30.6 Å². The van der Waals surface area contributed by atoms with Crippen LogP contribution in [0.15, 0.2) is 34.2 Å². The molecule has 0 amide bonds. The summed E-state index contributed by atoms with van der Waals surface area (Å²) >= 11 is 1.89. The predicted octanol–water partition coefficient (Wildman–Crippen LogP) is 3.49. The molecule has 0 unspecified atom stereocenters. The third-order valence-electron chi connectivity index (χ3n) is 4.70. The zero-order chi connectivity index (χ0) is 13.8. The fraction of sp³-hybridized carbons (Fsp3) is 0.562. The van der Waals surface area contributed by atoms with E-state index in [1.165, 1.54) is 56.8 Å². The molecule has 108 valence electrons. The second-order valence-electron chi connectivity index (χ2n) is 5.92. The van der Waals surface area contributed by atoms with E-state index in [0.717, 1.165) is 5.69 Å². The first-order chi connectivity index (χ1) is 9.80. The second-order valence-corrected chi connectivity index (χ2v) is 7.09. The number of aliphatic imine (C=N–C) groups is 1. The highest BCUT2D eigenvalue weighted by atomic mass is 32.2. The average molecular weight is 289 g/mol. The van der Waals surface area contributed by atoms with Gasteiger partial charge in [0.05, 0.1) is 5.69 Å². The Balaban J connectivity index is 1.53. The molecule has 0 aliphatic carbocycles. The van der Waals surface area contributed by atoms with Gasteiger partial charge in [-0.15, -0.1) is 0 Å². The van der Waals surface area contributed by atoms with Gasteiger partial charge in [-0.1, -0.05) is 0 Å². The van der Waals surface area contributed by atoms with E-state index in [2.05, 4.69) is 33.5 Å². The van der Waals surface area contributed by atoms with Crippen molar-refractivity contribution in [1.29, 1.82) is 0 Å². The molecule has 1 aromatic rings. The fourth-order valence-electron chi connectivity index (χ4n) is 3.27. The van der Waals surface area contributed by atoms with Crippen molar-refractivity contribution in [3.05, 3.63) is 24.3 Å². The first-order valence-electron chi connectivity index (χ1n) is 7.50. The lowest BCUT2D eigenvalue weighted by Crippen LogP contribution is -2.43. The van der Waals surface area contributed by atoms with Crippen LogP contribution in [0, 0.1) is 5.41 Å². The van der Waals surface area contributed by atoms with Crippen molar-refractivity contribution < 1.29 is 0 Å². The molecule has 0 radical (unpaired) electrons. The van der Waals surface area contributed by atoms with E-state index in [-0.39, 0.29) is 0 Å². The predicted molar refractivity (Wildman–Crippen MR) is 86.9 cm³/mol. The SMILES string of the molecule is C=Nc1ccc(SN2CCC3(CCNCC3)CC2)cc1. The normalized spacial score (nSPS) is 22.8. The van der Waals surface area contributed by atoms with Crippen LogP contribution in [0.3, 0.4) is 0 Å². The minimum atomic E-state index is 0.638. The van der Waals surface area contributed by atoms with Gasteiger partial charge in [-0.05, 0) is 87.1 Å². The van der Waals surface area contributed by atoms with E-state index in [1.54, 1.807) is 0 Å². The van der Waals surface area contributed by atoms with Crippen molar-refractivity contribution in [2.24, 2.45) is 10.4 Å². The molecular formula is C16H23N3S. The Labute approximate surface area is 126 Å². The summed E-state index contributed by atoms with van der Waals surface area (Å²) in [5.41, 5.74) is 1.58. The van der Waals surface area contributed by atoms with Crippen molar-refractivity contribution >= 4 is 24.4 Å². The molecule has 2 aliphatic rings. The van der Waals surface area contributed by atoms with Crippen LogP contribution in [0.5, 0.6) is 0 Å². The summed E-state index contributed by atoms with van der Waals surface area (Å²) in [5.74, 6) is 0. The number of nitrogens with one attached hydrogen (secondary N) is 1. The number of hydrogen-bond donors (Lipinski definition) is 1. The van der Waals surface area contributed by atoms with Crippen LogP contribution >= 0.6 is 11.9 Å². The van der Waals surface area contributed by atoms with Crippen molar-refractivity contribution in [1.82, 2.24) is 9.62 Å². The Bertz CT molecular complexity index is 441. The summed E-state index contributed by atoms with van der Waals surface area (Å²) in [5, 5.41) is 3.49. The zero-order valence-corrected chi connectivity index (χ0v) is 12.8. The largest absolute Gasteiger partial charge is 0.317 e. The summed E-state index contributed by atoms with van der Waals surface area (Å²) in [6.07, 6.45) is 5.44. The van der Waals surface area contributed by atoms with Gasteiger partial charge in [-0.3, -0.25) is 4.99 Å². The van der Waals surface area contributed by atoms with Gasteiger partial charge in [0.1, 0.15) is 0 Å². The molecule has 0 atom stereocenters. The van der Waals surface area contributed by atoms with E-state index < -0.39 is 0 Å². The maximum absolute atomic E-state index is 3.94. The highest BCUT2D eigenvalue weighted by molar-refractivity contribution is 7.97. The van der Waals surface area contributed by atoms with E-state index in [9.17, 15) is 0 Å². The topological polar surface area (TPSA) is 27.6 Å². The number of benzene rings is 1. The summed E-state index contributed by atoms with van der Waals surface area (Å²) in [4.78, 5) is 5.24. The monoisotopic (exact) mass is 289 g/mol. The van der Waals surface area contributed by atoms with E-state index in [4.69, 9.17) is 0 Å². The van der Waals surface area contributed by atoms with Crippen LogP contribution < -0.4 is 5.32 Å². The minimum Gasteiger partial charge on any atom is -0.317 e. The summed E-state index contributed by atoms with van der Waals surface area (Å²) in [7, 11) is 0. The van der Waals surface area contributed by atoms with Crippen LogP contribution in [0.25, 0.3) is 0 Å². The fourth-order valence-corrected chi connectivity index (χ4v) is 4.19. The molecule has 1 N–H and O–H groups in total. The lowest BCUT2D eigenvalue weighted by Gasteiger charge is -2.44. The molecule has 2 saturated heterocycles. The standard InChI is InChI=1S/C16H23N3S/c1-17-14-2-4-15(5-3-14)20-19-12-8-16(9-13-19)6-10-18-11-7-16/h2-5,18H,1,6-13H2. The molecule has 2 aliphatic heterocycles. The number of piperidine rings is 2. The van der Waals surface area contributed by atoms with Crippen LogP contribution in [0.2, 0.25) is 0 Å². The lowest BCUT2D eigenvalue weighted by atomic mass is 9.72. The molecule has 4 heteroatoms. The van der Waals surface area contributed by atoms with Gasteiger partial charge in [0.15, 0.2) is 0 Å². The average Bonchev–Trinajstić information content (AvgIpc) is 2.52. The molecule has 0 saturated carbocycles. The molecule has 0 aromatic heterocycles. The van der Waals surface area contributed by atoms with E-state index >= 15 is 0 Å². The van der Waals surface area contributed by atoms with E-state index in [1.807, 2.05) is 24.1 Å². The van der Waals surface area contributed by atoms with Crippen LogP contribution in [-0.4, -0.2) is 37.2 Å². The highest BCUT2D eigenvalue weighted by Crippen LogP contribution is 2.41. The first-order valence-corrected chi connectivity index (χ1v) is 8.28. The van der Waals surface area contributed by atoms with Gasteiger partial charge in [0.2, 0.25) is 0 Å². The van der Waals surface area contributed by atoms with Gasteiger partial charge >= 0.3 is 0 Å². The molecule has 0 bridgehead atoms. The number of hydrogen-bond acceptors (Lipinski definition) is 4. The Morgan fingerprint density at radius 1 is 1.05 bits per heavy atom. The third-order valence-corrected chi connectivity index (χ3v) is 5.81. The lowest BCUT2D eigenvalue weighted by molar-refractivity contribution is 0.115. The van der Waals surface area contributed by atoms with Crippen molar-refractivity contribution in [3.63, 3.8) is 0 Å². The highest BCUT2D eigenvalue weighted by Gasteiger charge is 2.35. The quantitative estimate of drug-likeness (QED) is 0.682. The minimum absolute atomic E-state index is 0.638. The molecule has 3 rings (SSSR count). The van der Waals surface area contributed by atoms with Crippen molar-refractivity contribution in [2.75, 3.05) is 26.2 Å². The molecule has 20 heavy (non-hydrogen) atoms. The molecule has 2 fully saturated rings. The molecule has 1 spiro atoms. The Morgan fingerprint density at radius 2 is 1.70 bits per heavy atom. The summed E-state index contributed by atoms with van der Waals surface area (Å²) in [6.45, 7) is 8.40. The zero-order valence-electron chi connectivity index (χ0n) is 12.0. The maximum atomic E-state index is 3.94. The van der Waals surface area contributed by atoms with Gasteiger partial charge in [-0.2, -0.15) is 0 Å². The van der Waals surface area contributed by atoms with Crippen molar-refractivity contribution in [3.8, 4) is 0 Å². The first kappa shape index (κ1) is 14.1. The smallest absolute Gasteiger partial charge is 0.0623 e. The molecular weight excluding hydrogens is 266 g/mol. The Morgan fingerprint density at radius 3 is 2.30 bits per heavy atom. The summed E-state index contributed by atoms with van der Waals surface area (Å²) < 4.78 is 2.52. The van der Waals surface area contributed by atoms with Crippen LogP contribution in [-0.2, 0) is 0 Å². The maximum Gasteiger partial charge on any atom is 0.0623 e. The van der Waals surface area contributed by atoms with Gasteiger partial charge in [0, 0.05) is 18.0 Å². The van der Waals surface area contributed by atoms with Gasteiger partial charge < -0.3 is 5.32 Å². The molecule has 2 heterocycles. The summed E-state index contributed by atoms with van der Waals surface area (Å²) in [6, 6.07) is 8.36. The van der Waals surface area contributed by atoms with Crippen LogP contribution in [0.4, 0.5) is 5.69 Å². The molecule has 3 nitrogen and oxygen atoms in total. The van der Waals surface area contributed by atoms with Crippen LogP contribution in [0.1, 0.15) is 25.7 Å².